The first-order chi connectivity index (χ1) is 16.9. The molecule has 0 saturated heterocycles. The van der Waals surface area contributed by atoms with Crippen molar-refractivity contribution in [2.75, 3.05) is 19.6 Å². The Kier molecular flexibility index (Phi) is 11.2. The highest BCUT2D eigenvalue weighted by molar-refractivity contribution is 6.37. The first-order valence-electron chi connectivity index (χ1n) is 11.2. The van der Waals surface area contributed by atoms with Crippen LogP contribution in [-0.4, -0.2) is 50.0 Å². The Hall–Kier alpha value is -2.19. The molecule has 3 atom stereocenters. The van der Waals surface area contributed by atoms with Gasteiger partial charge in [-0.2, -0.15) is 0 Å². The van der Waals surface area contributed by atoms with E-state index in [0.29, 0.717) is 15.8 Å². The Bertz CT molecular complexity index is 1020. The highest BCUT2D eigenvalue weighted by Gasteiger charge is 2.27. The number of methoxy groups -OCH3 is 1. The first-order valence-corrected chi connectivity index (χ1v) is 12.5. The van der Waals surface area contributed by atoms with Gasteiger partial charge < -0.3 is 23.7 Å². The first kappa shape index (κ1) is 30.0. The van der Waals surface area contributed by atoms with Gasteiger partial charge in [0, 0.05) is 26.4 Å². The highest BCUT2D eigenvalue weighted by Crippen LogP contribution is 2.41. The minimum Gasteiger partial charge on any atom is -0.487 e. The second-order valence-electron chi connectivity index (χ2n) is 8.65. The van der Waals surface area contributed by atoms with E-state index in [-0.39, 0.29) is 18.2 Å². The molecule has 0 radical (unpaired) electrons. The molecule has 0 spiro atoms. The van der Waals surface area contributed by atoms with Crippen molar-refractivity contribution in [2.45, 2.75) is 58.5 Å². The molecule has 0 aliphatic rings. The van der Waals surface area contributed by atoms with Crippen molar-refractivity contribution in [3.05, 3.63) is 57.6 Å². The van der Waals surface area contributed by atoms with Crippen molar-refractivity contribution in [3.63, 3.8) is 0 Å². The van der Waals surface area contributed by atoms with Gasteiger partial charge in [0.05, 0.1) is 15.9 Å². The van der Waals surface area contributed by atoms with Crippen LogP contribution in [0.2, 0.25) is 10.0 Å². The molecule has 0 amide bonds. The summed E-state index contributed by atoms with van der Waals surface area (Å²) in [6.07, 6.45) is -1.96. The van der Waals surface area contributed by atoms with Crippen LogP contribution in [0, 0.1) is 0 Å². The van der Waals surface area contributed by atoms with Crippen molar-refractivity contribution in [3.8, 4) is 11.5 Å². The Labute approximate surface area is 226 Å². The lowest BCUT2D eigenvalue weighted by Gasteiger charge is -2.28. The van der Waals surface area contributed by atoms with E-state index in [9.17, 15) is 9.59 Å². The molecule has 0 bridgehead atoms. The summed E-state index contributed by atoms with van der Waals surface area (Å²) in [5.74, 6) is 0.0556. The molecule has 36 heavy (non-hydrogen) atoms. The predicted octanol–water partition coefficient (Wildman–Crippen LogP) is 6.17. The molecule has 0 aromatic heterocycles. The van der Waals surface area contributed by atoms with Gasteiger partial charge in [0.1, 0.15) is 18.5 Å². The zero-order valence-electron chi connectivity index (χ0n) is 21.1. The van der Waals surface area contributed by atoms with Crippen LogP contribution in [0.15, 0.2) is 36.4 Å². The maximum absolute atomic E-state index is 11.2. The fourth-order valence-corrected chi connectivity index (χ4v) is 4.23. The molecule has 1 unspecified atom stereocenters. The van der Waals surface area contributed by atoms with Crippen molar-refractivity contribution in [1.29, 1.82) is 0 Å². The van der Waals surface area contributed by atoms with Crippen LogP contribution in [0.5, 0.6) is 11.5 Å². The summed E-state index contributed by atoms with van der Waals surface area (Å²) >= 11 is 18.8. The largest absolute Gasteiger partial charge is 0.487 e. The van der Waals surface area contributed by atoms with Crippen LogP contribution in [0.25, 0.3) is 0 Å². The van der Waals surface area contributed by atoms with E-state index in [4.69, 9.17) is 58.5 Å². The second kappa shape index (κ2) is 13.4. The highest BCUT2D eigenvalue weighted by atomic mass is 35.5. The average Bonchev–Trinajstić information content (AvgIpc) is 2.80. The molecule has 0 heterocycles. The van der Waals surface area contributed by atoms with Crippen LogP contribution in [0.1, 0.15) is 45.7 Å². The zero-order valence-corrected chi connectivity index (χ0v) is 23.4. The topological polar surface area (TPSA) is 80.3 Å². The number of esters is 2. The zero-order chi connectivity index (χ0) is 27.0. The van der Waals surface area contributed by atoms with Crippen LogP contribution < -0.4 is 9.47 Å². The molecule has 0 aliphatic heterocycles. The number of carbonyl (C=O) groups excluding carboxylic acids is 2. The van der Waals surface area contributed by atoms with Gasteiger partial charge in [-0.25, -0.2) is 0 Å². The molecule has 198 valence electrons. The molecule has 0 N–H and O–H groups in total. The van der Waals surface area contributed by atoms with Gasteiger partial charge in [-0.15, -0.1) is 11.6 Å². The number of benzene rings is 2. The summed E-state index contributed by atoms with van der Waals surface area (Å²) in [5, 5.41) is 0.646. The van der Waals surface area contributed by atoms with Gasteiger partial charge in [0.25, 0.3) is 0 Å². The molecule has 0 aliphatic carbocycles. The van der Waals surface area contributed by atoms with Crippen LogP contribution in [0.4, 0.5) is 0 Å². The summed E-state index contributed by atoms with van der Waals surface area (Å²) in [4.78, 5) is 22.4. The van der Waals surface area contributed by atoms with E-state index in [0.717, 1.165) is 11.1 Å². The molecule has 2 aromatic carbocycles. The molecular formula is C26H31Cl3O7. The summed E-state index contributed by atoms with van der Waals surface area (Å²) < 4.78 is 27.1. The molecule has 0 fully saturated rings. The molecule has 7 nitrogen and oxygen atoms in total. The minimum atomic E-state index is -0.753. The number of rotatable bonds is 12. The lowest BCUT2D eigenvalue weighted by atomic mass is 9.78. The summed E-state index contributed by atoms with van der Waals surface area (Å²) in [5.41, 5.74) is 1.38. The number of alkyl halides is 1. The Morgan fingerprint density at radius 2 is 1.50 bits per heavy atom. The van der Waals surface area contributed by atoms with Crippen molar-refractivity contribution in [1.82, 2.24) is 0 Å². The molecule has 2 aromatic rings. The fourth-order valence-electron chi connectivity index (χ4n) is 3.48. The predicted molar refractivity (Wildman–Crippen MR) is 139 cm³/mol. The van der Waals surface area contributed by atoms with E-state index >= 15 is 0 Å². The Balaban J connectivity index is 2.19. The van der Waals surface area contributed by atoms with E-state index in [1.807, 2.05) is 38.1 Å². The lowest BCUT2D eigenvalue weighted by Crippen LogP contribution is -2.34. The monoisotopic (exact) mass is 560 g/mol. The van der Waals surface area contributed by atoms with E-state index in [1.165, 1.54) is 21.0 Å². The summed E-state index contributed by atoms with van der Waals surface area (Å²) in [6, 6.07) is 11.0. The van der Waals surface area contributed by atoms with Crippen molar-refractivity contribution < 1.29 is 33.3 Å². The van der Waals surface area contributed by atoms with Gasteiger partial charge in [0.2, 0.25) is 6.29 Å². The number of halogens is 3. The van der Waals surface area contributed by atoms with Crippen molar-refractivity contribution in [2.24, 2.45) is 0 Å². The average molecular weight is 562 g/mol. The maximum Gasteiger partial charge on any atom is 0.303 e. The third-order valence-electron chi connectivity index (χ3n) is 5.43. The number of carbonyl (C=O) groups is 2. The third kappa shape index (κ3) is 8.17. The smallest absolute Gasteiger partial charge is 0.303 e. The van der Waals surface area contributed by atoms with Gasteiger partial charge in [0.15, 0.2) is 11.9 Å². The van der Waals surface area contributed by atoms with E-state index in [1.54, 1.807) is 19.1 Å². The molecule has 2 rings (SSSR count). The Morgan fingerprint density at radius 3 is 1.97 bits per heavy atom. The van der Waals surface area contributed by atoms with Crippen LogP contribution in [0.3, 0.4) is 0 Å². The second-order valence-corrected chi connectivity index (χ2v) is 9.77. The Morgan fingerprint density at radius 1 is 0.944 bits per heavy atom. The standard InChI is InChI=1S/C26H31Cl3O7/c1-15(34-16(2)30)25(32-6)36-20-9-7-18(8-10-20)26(4,5)19-11-22(28)24(23(29)12-19)33-14-21(13-27)35-17(3)31/h7-12,15,21,25H,13-14H2,1-6H3/t15?,21-,25-/m1/s1. The molecule has 0 saturated carbocycles. The quantitative estimate of drug-likeness (QED) is 0.174. The number of hydrogen-bond acceptors (Lipinski definition) is 7. The normalized spacial score (nSPS) is 13.9. The fraction of sp³-hybridized carbons (Fsp3) is 0.462. The van der Waals surface area contributed by atoms with E-state index < -0.39 is 35.9 Å². The minimum absolute atomic E-state index is 0.0191. The van der Waals surface area contributed by atoms with Gasteiger partial charge in [-0.1, -0.05) is 49.2 Å². The number of ether oxygens (including phenoxy) is 5. The van der Waals surface area contributed by atoms with Gasteiger partial charge in [-0.3, -0.25) is 9.59 Å². The van der Waals surface area contributed by atoms with E-state index in [2.05, 4.69) is 0 Å². The third-order valence-corrected chi connectivity index (χ3v) is 6.34. The lowest BCUT2D eigenvalue weighted by molar-refractivity contribution is -0.170. The molecular weight excluding hydrogens is 531 g/mol. The van der Waals surface area contributed by atoms with Crippen molar-refractivity contribution >= 4 is 46.7 Å². The summed E-state index contributed by atoms with van der Waals surface area (Å²) in [6.45, 7) is 8.42. The van der Waals surface area contributed by atoms with Gasteiger partial charge in [-0.05, 0) is 42.3 Å². The molecule has 10 heteroatoms. The van der Waals surface area contributed by atoms with Gasteiger partial charge >= 0.3 is 11.9 Å². The van der Waals surface area contributed by atoms with Crippen LogP contribution >= 0.6 is 34.8 Å². The van der Waals surface area contributed by atoms with Crippen LogP contribution in [-0.2, 0) is 29.2 Å². The SMILES string of the molecule is CO[C@H](Oc1ccc(C(C)(C)c2cc(Cl)c(OC[C@@H](CCl)OC(C)=O)c(Cl)c2)cc1)C(C)OC(C)=O. The maximum atomic E-state index is 11.2. The summed E-state index contributed by atoms with van der Waals surface area (Å²) in [7, 11) is 1.48. The number of hydrogen-bond donors (Lipinski definition) is 0.